The van der Waals surface area contributed by atoms with Gasteiger partial charge in [-0.2, -0.15) is 0 Å². The maximum Gasteiger partial charge on any atom is 0.263 e. The fraction of sp³-hybridized carbons (Fsp3) is 0.231. The summed E-state index contributed by atoms with van der Waals surface area (Å²) in [6.45, 7) is 0.313. The summed E-state index contributed by atoms with van der Waals surface area (Å²) in [5.74, 6) is 0. The molecule has 0 saturated carbocycles. The molecule has 0 radical (unpaired) electrons. The summed E-state index contributed by atoms with van der Waals surface area (Å²) in [5, 5.41) is 0. The molecular formula is C13H16BrN3O2S2. The third-order valence-corrected chi connectivity index (χ3v) is 6.47. The number of halogens is 1. The Balaban J connectivity index is 2.40. The van der Waals surface area contributed by atoms with Crippen LogP contribution in [0.2, 0.25) is 0 Å². The maximum atomic E-state index is 12.5. The number of hydrogen-bond donors (Lipinski definition) is 2. The van der Waals surface area contributed by atoms with Crippen LogP contribution in [0.15, 0.2) is 39.0 Å². The van der Waals surface area contributed by atoms with Gasteiger partial charge in [0.25, 0.3) is 10.0 Å². The molecule has 0 bridgehead atoms. The van der Waals surface area contributed by atoms with Crippen LogP contribution in [0.4, 0.5) is 11.4 Å². The molecule has 0 spiro atoms. The van der Waals surface area contributed by atoms with E-state index in [-0.39, 0.29) is 4.90 Å². The number of para-hydroxylation sites is 2. The summed E-state index contributed by atoms with van der Waals surface area (Å²) in [6.07, 6.45) is 0. The van der Waals surface area contributed by atoms with Gasteiger partial charge in [0.2, 0.25) is 0 Å². The number of nitrogens with one attached hydrogen (secondary N) is 1. The molecule has 3 N–H and O–H groups in total. The molecule has 2 rings (SSSR count). The highest BCUT2D eigenvalue weighted by Gasteiger charge is 2.22. The van der Waals surface area contributed by atoms with Crippen LogP contribution in [-0.2, 0) is 16.6 Å². The smallest absolute Gasteiger partial charge is 0.263 e. The zero-order valence-electron chi connectivity index (χ0n) is 11.6. The second-order valence-corrected chi connectivity index (χ2v) is 8.68. The van der Waals surface area contributed by atoms with Gasteiger partial charge < -0.3 is 10.6 Å². The minimum absolute atomic E-state index is 0.210. The van der Waals surface area contributed by atoms with Gasteiger partial charge in [-0.15, -0.1) is 11.3 Å². The van der Waals surface area contributed by atoms with Gasteiger partial charge in [-0.05, 0) is 34.1 Å². The van der Waals surface area contributed by atoms with Crippen molar-refractivity contribution in [3.63, 3.8) is 0 Å². The van der Waals surface area contributed by atoms with E-state index in [1.54, 1.807) is 18.2 Å². The van der Waals surface area contributed by atoms with E-state index in [1.165, 1.54) is 11.3 Å². The minimum atomic E-state index is -3.66. The molecule has 0 atom stereocenters. The average Bonchev–Trinajstić information content (AvgIpc) is 2.81. The van der Waals surface area contributed by atoms with E-state index in [2.05, 4.69) is 20.7 Å². The van der Waals surface area contributed by atoms with Gasteiger partial charge in [0, 0.05) is 25.5 Å². The van der Waals surface area contributed by atoms with E-state index in [9.17, 15) is 8.42 Å². The number of rotatable bonds is 5. The molecule has 0 unspecified atom stereocenters. The molecule has 0 saturated heterocycles. The third kappa shape index (κ3) is 3.57. The predicted molar refractivity (Wildman–Crippen MR) is 91.5 cm³/mol. The van der Waals surface area contributed by atoms with Crippen molar-refractivity contribution >= 4 is 48.7 Å². The van der Waals surface area contributed by atoms with Gasteiger partial charge in [-0.25, -0.2) is 8.42 Å². The van der Waals surface area contributed by atoms with Crippen molar-refractivity contribution in [2.24, 2.45) is 5.73 Å². The highest BCUT2D eigenvalue weighted by molar-refractivity contribution is 9.11. The second-order valence-electron chi connectivity index (χ2n) is 4.57. The number of nitrogens with two attached hydrogens (primary N) is 1. The van der Waals surface area contributed by atoms with Gasteiger partial charge in [-0.3, -0.25) is 4.72 Å². The van der Waals surface area contributed by atoms with Crippen LogP contribution in [0.25, 0.3) is 0 Å². The molecule has 0 aliphatic carbocycles. The third-order valence-electron chi connectivity index (χ3n) is 2.83. The highest BCUT2D eigenvalue weighted by atomic mass is 79.9. The highest BCUT2D eigenvalue weighted by Crippen LogP contribution is 2.34. The molecule has 5 nitrogen and oxygen atoms in total. The quantitative estimate of drug-likeness (QED) is 0.823. The van der Waals surface area contributed by atoms with E-state index < -0.39 is 10.0 Å². The van der Waals surface area contributed by atoms with Crippen LogP contribution in [0.3, 0.4) is 0 Å². The number of benzene rings is 1. The van der Waals surface area contributed by atoms with Crippen LogP contribution in [0, 0.1) is 0 Å². The Morgan fingerprint density at radius 2 is 2.00 bits per heavy atom. The molecular weight excluding hydrogens is 374 g/mol. The monoisotopic (exact) mass is 389 g/mol. The van der Waals surface area contributed by atoms with Crippen molar-refractivity contribution in [1.29, 1.82) is 0 Å². The SMILES string of the molecule is CN(C)c1ccccc1NS(=O)(=O)c1cc(CN)sc1Br. The standard InChI is InChI=1S/C13H16BrN3O2S2/c1-17(2)11-6-4-3-5-10(11)16-21(18,19)12-7-9(8-15)20-13(12)14/h3-7,16H,8,15H2,1-2H3. The second kappa shape index (κ2) is 6.35. The van der Waals surface area contributed by atoms with Crippen molar-refractivity contribution in [1.82, 2.24) is 0 Å². The lowest BCUT2D eigenvalue weighted by Gasteiger charge is -2.18. The van der Waals surface area contributed by atoms with E-state index in [1.807, 2.05) is 31.1 Å². The van der Waals surface area contributed by atoms with Crippen LogP contribution in [0.1, 0.15) is 4.88 Å². The first-order valence-electron chi connectivity index (χ1n) is 6.12. The normalized spacial score (nSPS) is 11.4. The summed E-state index contributed by atoms with van der Waals surface area (Å²) < 4.78 is 28.2. The zero-order valence-corrected chi connectivity index (χ0v) is 14.8. The Morgan fingerprint density at radius 3 is 2.57 bits per heavy atom. The number of sulfonamides is 1. The summed E-state index contributed by atoms with van der Waals surface area (Å²) in [5.41, 5.74) is 6.89. The number of thiophene rings is 1. The number of nitrogens with zero attached hydrogens (tertiary/aromatic N) is 1. The van der Waals surface area contributed by atoms with Gasteiger partial charge in [-0.1, -0.05) is 12.1 Å². The van der Waals surface area contributed by atoms with Crippen LogP contribution >= 0.6 is 27.3 Å². The minimum Gasteiger partial charge on any atom is -0.376 e. The van der Waals surface area contributed by atoms with Crippen molar-refractivity contribution in [2.45, 2.75) is 11.4 Å². The van der Waals surface area contributed by atoms with Crippen molar-refractivity contribution in [2.75, 3.05) is 23.7 Å². The summed E-state index contributed by atoms with van der Waals surface area (Å²) >= 11 is 4.61. The first-order valence-corrected chi connectivity index (χ1v) is 9.22. The van der Waals surface area contributed by atoms with Crippen LogP contribution < -0.4 is 15.4 Å². The first kappa shape index (κ1) is 16.3. The first-order chi connectivity index (χ1) is 9.85. The summed E-state index contributed by atoms with van der Waals surface area (Å²) in [6, 6.07) is 8.83. The van der Waals surface area contributed by atoms with E-state index in [4.69, 9.17) is 5.73 Å². The topological polar surface area (TPSA) is 75.4 Å². The Bertz CT molecular complexity index is 742. The lowest BCUT2D eigenvalue weighted by molar-refractivity contribution is 0.601. The fourth-order valence-corrected chi connectivity index (χ4v) is 5.47. The Morgan fingerprint density at radius 1 is 1.33 bits per heavy atom. The largest absolute Gasteiger partial charge is 0.376 e. The summed E-state index contributed by atoms with van der Waals surface area (Å²) in [7, 11) is 0.0646. The molecule has 2 aromatic rings. The molecule has 0 fully saturated rings. The number of hydrogen-bond acceptors (Lipinski definition) is 5. The van der Waals surface area contributed by atoms with E-state index in [0.717, 1.165) is 10.6 Å². The number of anilines is 2. The van der Waals surface area contributed by atoms with Gasteiger partial charge in [0.1, 0.15) is 4.90 Å². The predicted octanol–water partition coefficient (Wildman–Crippen LogP) is 2.84. The molecule has 1 heterocycles. The fourth-order valence-electron chi connectivity index (χ4n) is 1.83. The molecule has 8 heteroatoms. The molecule has 1 aromatic carbocycles. The van der Waals surface area contributed by atoms with Gasteiger partial charge in [0.05, 0.1) is 15.2 Å². The van der Waals surface area contributed by atoms with Gasteiger partial charge in [0.15, 0.2) is 0 Å². The Hall–Kier alpha value is -1.09. The van der Waals surface area contributed by atoms with Gasteiger partial charge >= 0.3 is 0 Å². The lowest BCUT2D eigenvalue weighted by Crippen LogP contribution is -2.17. The van der Waals surface area contributed by atoms with Crippen molar-refractivity contribution in [3.8, 4) is 0 Å². The molecule has 1 aromatic heterocycles. The molecule has 0 amide bonds. The van der Waals surface area contributed by atoms with Crippen LogP contribution in [-0.4, -0.2) is 22.5 Å². The van der Waals surface area contributed by atoms with Crippen LogP contribution in [0.5, 0.6) is 0 Å². The molecule has 0 aliphatic rings. The zero-order chi connectivity index (χ0) is 15.6. The Labute approximate surface area is 137 Å². The average molecular weight is 390 g/mol. The van der Waals surface area contributed by atoms with E-state index in [0.29, 0.717) is 16.0 Å². The van der Waals surface area contributed by atoms with Crippen molar-refractivity contribution < 1.29 is 8.42 Å². The molecule has 0 aliphatic heterocycles. The summed E-state index contributed by atoms with van der Waals surface area (Å²) in [4.78, 5) is 2.87. The maximum absolute atomic E-state index is 12.5. The molecule has 114 valence electrons. The van der Waals surface area contributed by atoms with E-state index >= 15 is 0 Å². The lowest BCUT2D eigenvalue weighted by atomic mass is 10.2. The molecule has 21 heavy (non-hydrogen) atoms. The Kier molecular flexibility index (Phi) is 4.92. The van der Waals surface area contributed by atoms with Crippen molar-refractivity contribution in [3.05, 3.63) is 39.0 Å².